The van der Waals surface area contributed by atoms with Crippen molar-refractivity contribution in [2.24, 2.45) is 0 Å². The molecule has 0 atom stereocenters. The average Bonchev–Trinajstić information content (AvgIpc) is 3.32. The number of aromatic nitrogens is 4. The molecule has 0 spiro atoms. The van der Waals surface area contributed by atoms with Gasteiger partial charge in [0.2, 0.25) is 5.89 Å². The number of halogens is 6. The highest BCUT2D eigenvalue weighted by Gasteiger charge is 2.68. The zero-order valence-corrected chi connectivity index (χ0v) is 19.2. The van der Waals surface area contributed by atoms with E-state index in [1.807, 2.05) is 0 Å². The van der Waals surface area contributed by atoms with Crippen LogP contribution in [0.15, 0.2) is 46.9 Å². The number of alkyl halides is 3. The average molecular weight is 514 g/mol. The molecule has 170 valence electrons. The van der Waals surface area contributed by atoms with Crippen molar-refractivity contribution < 1.29 is 17.6 Å². The summed E-state index contributed by atoms with van der Waals surface area (Å²) >= 11 is 18.5. The van der Waals surface area contributed by atoms with Gasteiger partial charge >= 0.3 is 6.18 Å². The fourth-order valence-corrected chi connectivity index (χ4v) is 4.34. The number of hydrogen-bond donors (Lipinski definition) is 0. The van der Waals surface area contributed by atoms with Crippen LogP contribution in [0, 0.1) is 6.92 Å². The maximum atomic E-state index is 13.5. The van der Waals surface area contributed by atoms with Crippen LogP contribution in [-0.2, 0) is 5.41 Å². The lowest BCUT2D eigenvalue weighted by Crippen LogP contribution is -2.28. The van der Waals surface area contributed by atoms with Crippen LogP contribution in [0.4, 0.5) is 13.2 Å². The molecule has 0 radical (unpaired) electrons. The van der Waals surface area contributed by atoms with E-state index >= 15 is 0 Å². The van der Waals surface area contributed by atoms with Crippen LogP contribution < -0.4 is 0 Å². The van der Waals surface area contributed by atoms with Gasteiger partial charge < -0.3 is 4.42 Å². The highest BCUT2D eigenvalue weighted by molar-refractivity contribution is 6.36. The van der Waals surface area contributed by atoms with Gasteiger partial charge in [-0.3, -0.25) is 4.57 Å². The largest absolute Gasteiger partial charge is 0.418 e. The van der Waals surface area contributed by atoms with E-state index in [2.05, 4.69) is 15.2 Å². The fraction of sp³-hybridized carbons (Fsp3) is 0.227. The summed E-state index contributed by atoms with van der Waals surface area (Å²) in [6.07, 6.45) is -4.62. The second-order valence-electron chi connectivity index (χ2n) is 7.80. The van der Waals surface area contributed by atoms with Crippen molar-refractivity contribution in [3.8, 4) is 28.7 Å². The minimum Gasteiger partial charge on any atom is -0.418 e. The monoisotopic (exact) mass is 512 g/mol. The molecule has 0 bridgehead atoms. The Bertz CT molecular complexity index is 1360. The first-order valence-electron chi connectivity index (χ1n) is 9.82. The van der Waals surface area contributed by atoms with E-state index in [0.29, 0.717) is 37.8 Å². The number of benzene rings is 2. The molecule has 1 saturated carbocycles. The molecule has 2 heterocycles. The number of nitrogens with zero attached hydrogens (tertiary/aromatic N) is 4. The van der Waals surface area contributed by atoms with Crippen LogP contribution in [0.3, 0.4) is 0 Å². The topological polar surface area (TPSA) is 56.7 Å². The van der Waals surface area contributed by atoms with Crippen molar-refractivity contribution in [3.63, 3.8) is 0 Å². The molecule has 1 aliphatic rings. The number of hydrogen-bond acceptors (Lipinski definition) is 4. The SMILES string of the molecule is Cc1c(-c2nnc(C3(C(F)(F)F)CC3)o2)nc(-c2ccc(Cl)cc2Cl)n1-c1ccc(Cl)cc1. The van der Waals surface area contributed by atoms with Crippen molar-refractivity contribution in [1.82, 2.24) is 19.7 Å². The Morgan fingerprint density at radius 1 is 0.970 bits per heavy atom. The molecule has 0 saturated heterocycles. The van der Waals surface area contributed by atoms with E-state index in [9.17, 15) is 13.2 Å². The van der Waals surface area contributed by atoms with Crippen LogP contribution in [0.2, 0.25) is 15.1 Å². The summed E-state index contributed by atoms with van der Waals surface area (Å²) in [4.78, 5) is 4.64. The van der Waals surface area contributed by atoms with Crippen LogP contribution in [-0.4, -0.2) is 25.9 Å². The zero-order chi connectivity index (χ0) is 23.5. The maximum absolute atomic E-state index is 13.5. The summed E-state index contributed by atoms with van der Waals surface area (Å²) in [5.74, 6) is -0.114. The Balaban J connectivity index is 1.68. The molecule has 0 aliphatic heterocycles. The van der Waals surface area contributed by atoms with Gasteiger partial charge in [0, 0.05) is 21.3 Å². The molecule has 1 aliphatic carbocycles. The fourth-order valence-electron chi connectivity index (χ4n) is 3.72. The minimum atomic E-state index is -4.46. The Morgan fingerprint density at radius 2 is 1.64 bits per heavy atom. The van der Waals surface area contributed by atoms with E-state index in [1.165, 1.54) is 0 Å². The second-order valence-corrected chi connectivity index (χ2v) is 9.08. The van der Waals surface area contributed by atoms with E-state index in [-0.39, 0.29) is 24.4 Å². The van der Waals surface area contributed by atoms with Gasteiger partial charge in [-0.25, -0.2) is 4.98 Å². The molecule has 4 aromatic rings. The highest BCUT2D eigenvalue weighted by Crippen LogP contribution is 2.58. The Labute approximate surface area is 201 Å². The van der Waals surface area contributed by atoms with Gasteiger partial charge in [0.15, 0.2) is 0 Å². The van der Waals surface area contributed by atoms with Crippen LogP contribution in [0.25, 0.3) is 28.7 Å². The van der Waals surface area contributed by atoms with E-state index in [4.69, 9.17) is 39.2 Å². The Morgan fingerprint density at radius 3 is 2.24 bits per heavy atom. The van der Waals surface area contributed by atoms with Gasteiger partial charge in [-0.15, -0.1) is 10.2 Å². The molecule has 5 nitrogen and oxygen atoms in total. The molecular weight excluding hydrogens is 500 g/mol. The first-order valence-corrected chi connectivity index (χ1v) is 11.0. The zero-order valence-electron chi connectivity index (χ0n) is 16.9. The summed E-state index contributed by atoms with van der Waals surface area (Å²) in [5.41, 5.74) is 0.0326. The molecule has 0 N–H and O–H groups in total. The minimum absolute atomic E-state index is 0.0814. The normalized spacial score (nSPS) is 15.1. The van der Waals surface area contributed by atoms with Crippen LogP contribution >= 0.6 is 34.8 Å². The summed E-state index contributed by atoms with van der Waals surface area (Å²) in [5, 5.41) is 8.96. The number of rotatable bonds is 4. The lowest BCUT2D eigenvalue weighted by Gasteiger charge is -2.14. The number of imidazole rings is 1. The predicted molar refractivity (Wildman–Crippen MR) is 119 cm³/mol. The summed E-state index contributed by atoms with van der Waals surface area (Å²) in [6.45, 7) is 1.75. The van der Waals surface area contributed by atoms with Crippen molar-refractivity contribution in [2.45, 2.75) is 31.4 Å². The van der Waals surface area contributed by atoms with E-state index < -0.39 is 17.5 Å². The third-order valence-corrected chi connectivity index (χ3v) is 6.49. The quantitative estimate of drug-likeness (QED) is 0.284. The molecule has 0 amide bonds. The van der Waals surface area contributed by atoms with Gasteiger partial charge in [-0.05, 0) is 62.2 Å². The lowest BCUT2D eigenvalue weighted by atomic mass is 10.1. The van der Waals surface area contributed by atoms with E-state index in [1.54, 1.807) is 54.0 Å². The van der Waals surface area contributed by atoms with Crippen LogP contribution in [0.5, 0.6) is 0 Å². The van der Waals surface area contributed by atoms with Gasteiger partial charge in [0.1, 0.15) is 16.9 Å². The lowest BCUT2D eigenvalue weighted by molar-refractivity contribution is -0.165. The second kappa shape index (κ2) is 7.75. The first kappa shape index (κ1) is 22.3. The maximum Gasteiger partial charge on any atom is 0.403 e. The molecule has 11 heteroatoms. The molecule has 2 aromatic carbocycles. The van der Waals surface area contributed by atoms with Crippen molar-refractivity contribution in [2.75, 3.05) is 0 Å². The summed E-state index contributed by atoms with van der Waals surface area (Å²) < 4.78 is 47.8. The van der Waals surface area contributed by atoms with Gasteiger partial charge in [0.25, 0.3) is 5.89 Å². The van der Waals surface area contributed by atoms with Gasteiger partial charge in [-0.2, -0.15) is 13.2 Å². The third-order valence-electron chi connectivity index (χ3n) is 5.69. The Kier molecular flexibility index (Phi) is 5.23. The van der Waals surface area contributed by atoms with Crippen molar-refractivity contribution in [1.29, 1.82) is 0 Å². The summed E-state index contributed by atoms with van der Waals surface area (Å²) in [7, 11) is 0. The molecule has 33 heavy (non-hydrogen) atoms. The molecule has 2 aromatic heterocycles. The first-order chi connectivity index (χ1) is 15.6. The predicted octanol–water partition coefficient (Wildman–Crippen LogP) is 7.45. The van der Waals surface area contributed by atoms with Gasteiger partial charge in [-0.1, -0.05) is 34.8 Å². The molecule has 1 fully saturated rings. The van der Waals surface area contributed by atoms with Gasteiger partial charge in [0.05, 0.1) is 10.7 Å². The van der Waals surface area contributed by atoms with E-state index in [0.717, 1.165) is 0 Å². The standard InChI is InChI=1S/C22H14Cl3F3N4O/c1-11-17(19-30-31-20(33-19)21(8-9-21)22(26,27)28)29-18(15-7-4-13(24)10-16(15)25)32(11)14-5-2-12(23)3-6-14/h2-7,10H,8-9H2,1H3. The smallest absolute Gasteiger partial charge is 0.403 e. The van der Waals surface area contributed by atoms with Crippen molar-refractivity contribution in [3.05, 3.63) is 69.1 Å². The van der Waals surface area contributed by atoms with Crippen molar-refractivity contribution >= 4 is 34.8 Å². The summed E-state index contributed by atoms with van der Waals surface area (Å²) in [6, 6.07) is 12.0. The molecular formula is C22H14Cl3F3N4O. The molecule has 0 unspecified atom stereocenters. The molecule has 5 rings (SSSR count). The highest BCUT2D eigenvalue weighted by atomic mass is 35.5. The third kappa shape index (κ3) is 3.70. The van der Waals surface area contributed by atoms with Crippen LogP contribution in [0.1, 0.15) is 24.4 Å². The Hall–Kier alpha value is -2.55.